The van der Waals surface area contributed by atoms with Crippen molar-refractivity contribution in [1.29, 1.82) is 0 Å². The zero-order valence-electron chi connectivity index (χ0n) is 6.69. The van der Waals surface area contributed by atoms with Crippen LogP contribution in [0.15, 0.2) is 0 Å². The van der Waals surface area contributed by atoms with E-state index in [9.17, 15) is 5.11 Å². The number of aliphatic hydroxyl groups is 1. The third kappa shape index (κ3) is 1.82. The van der Waals surface area contributed by atoms with E-state index < -0.39 is 4.84 Å². The first-order valence-electron chi connectivity index (χ1n) is 4.03. The predicted octanol–water partition coefficient (Wildman–Crippen LogP) is 2.73. The first-order valence-corrected chi connectivity index (χ1v) is 4.91. The van der Waals surface area contributed by atoms with E-state index in [1.165, 1.54) is 0 Å². The lowest BCUT2D eigenvalue weighted by atomic mass is 9.75. The summed E-state index contributed by atoms with van der Waals surface area (Å²) >= 11 is 11.6. The molecule has 11 heavy (non-hydrogen) atoms. The number of aliphatic hydroxyl groups excluding tert-OH is 1. The number of halogens is 2. The van der Waals surface area contributed by atoms with Gasteiger partial charge in [0.2, 0.25) is 0 Å². The van der Waals surface area contributed by atoms with Crippen LogP contribution in [0.25, 0.3) is 0 Å². The third-order valence-corrected chi connectivity index (χ3v) is 3.70. The van der Waals surface area contributed by atoms with Gasteiger partial charge in [-0.1, -0.05) is 19.8 Å². The van der Waals surface area contributed by atoms with Crippen LogP contribution in [0.3, 0.4) is 0 Å². The highest BCUT2D eigenvalue weighted by atomic mass is 35.5. The van der Waals surface area contributed by atoms with E-state index in [4.69, 9.17) is 23.2 Å². The SMILES string of the molecule is C[C@]1(C(Cl)Cl)CCCC[C@H]1O. The van der Waals surface area contributed by atoms with Crippen LogP contribution in [-0.4, -0.2) is 16.0 Å². The molecule has 0 radical (unpaired) electrons. The summed E-state index contributed by atoms with van der Waals surface area (Å²) in [6, 6.07) is 0. The molecule has 0 aliphatic heterocycles. The van der Waals surface area contributed by atoms with E-state index in [0.29, 0.717) is 0 Å². The van der Waals surface area contributed by atoms with Gasteiger partial charge in [0.15, 0.2) is 0 Å². The van der Waals surface area contributed by atoms with Crippen molar-refractivity contribution in [1.82, 2.24) is 0 Å². The molecular weight excluding hydrogens is 183 g/mol. The minimum absolute atomic E-state index is 0.276. The lowest BCUT2D eigenvalue weighted by Crippen LogP contribution is -2.40. The fourth-order valence-electron chi connectivity index (χ4n) is 1.59. The molecule has 66 valence electrons. The molecule has 0 aromatic carbocycles. The number of hydrogen-bond acceptors (Lipinski definition) is 1. The maximum absolute atomic E-state index is 9.63. The average Bonchev–Trinajstić information content (AvgIpc) is 1.95. The molecule has 1 N–H and O–H groups in total. The van der Waals surface area contributed by atoms with Gasteiger partial charge in [-0.15, -0.1) is 23.2 Å². The van der Waals surface area contributed by atoms with Gasteiger partial charge in [-0.05, 0) is 12.8 Å². The topological polar surface area (TPSA) is 20.2 Å². The fraction of sp³-hybridized carbons (Fsp3) is 1.00. The van der Waals surface area contributed by atoms with E-state index in [2.05, 4.69) is 0 Å². The lowest BCUT2D eigenvalue weighted by Gasteiger charge is -2.39. The predicted molar refractivity (Wildman–Crippen MR) is 48.1 cm³/mol. The van der Waals surface area contributed by atoms with Crippen molar-refractivity contribution in [3.05, 3.63) is 0 Å². The molecular formula is C8H14Cl2O. The van der Waals surface area contributed by atoms with Crippen LogP contribution >= 0.6 is 23.2 Å². The Hall–Kier alpha value is 0.540. The maximum Gasteiger partial charge on any atom is 0.115 e. The van der Waals surface area contributed by atoms with Gasteiger partial charge in [0.05, 0.1) is 6.10 Å². The molecule has 1 aliphatic rings. The molecule has 0 aromatic rings. The summed E-state index contributed by atoms with van der Waals surface area (Å²) in [6.07, 6.45) is 3.68. The van der Waals surface area contributed by atoms with E-state index >= 15 is 0 Å². The smallest absolute Gasteiger partial charge is 0.115 e. The monoisotopic (exact) mass is 196 g/mol. The Morgan fingerprint density at radius 1 is 1.45 bits per heavy atom. The number of rotatable bonds is 1. The summed E-state index contributed by atoms with van der Waals surface area (Å²) in [6.45, 7) is 1.96. The highest BCUT2D eigenvalue weighted by molar-refractivity contribution is 6.44. The van der Waals surface area contributed by atoms with Gasteiger partial charge in [-0.25, -0.2) is 0 Å². The molecule has 1 nitrogen and oxygen atoms in total. The summed E-state index contributed by atoms with van der Waals surface area (Å²) in [5.74, 6) is 0. The van der Waals surface area contributed by atoms with Gasteiger partial charge < -0.3 is 5.11 Å². The van der Waals surface area contributed by atoms with Crippen molar-refractivity contribution in [2.24, 2.45) is 5.41 Å². The summed E-state index contributed by atoms with van der Waals surface area (Å²) in [5, 5.41) is 9.63. The van der Waals surface area contributed by atoms with Crippen molar-refractivity contribution in [3.8, 4) is 0 Å². The van der Waals surface area contributed by atoms with Crippen LogP contribution in [0.5, 0.6) is 0 Å². The summed E-state index contributed by atoms with van der Waals surface area (Å²) < 4.78 is 0. The van der Waals surface area contributed by atoms with Crippen LogP contribution in [0.2, 0.25) is 0 Å². The van der Waals surface area contributed by atoms with Crippen molar-refractivity contribution < 1.29 is 5.11 Å². The quantitative estimate of drug-likeness (QED) is 0.640. The second-order valence-electron chi connectivity index (χ2n) is 3.57. The lowest BCUT2D eigenvalue weighted by molar-refractivity contribution is 0.00977. The fourth-order valence-corrected chi connectivity index (χ4v) is 2.10. The van der Waals surface area contributed by atoms with E-state index in [0.717, 1.165) is 25.7 Å². The number of alkyl halides is 2. The summed E-state index contributed by atoms with van der Waals surface area (Å²) in [5.41, 5.74) is -0.276. The van der Waals surface area contributed by atoms with Crippen molar-refractivity contribution in [2.45, 2.75) is 43.5 Å². The Morgan fingerprint density at radius 2 is 2.09 bits per heavy atom. The van der Waals surface area contributed by atoms with E-state index in [1.807, 2.05) is 6.92 Å². The van der Waals surface area contributed by atoms with Gasteiger partial charge in [-0.3, -0.25) is 0 Å². The summed E-state index contributed by atoms with van der Waals surface area (Å²) in [4.78, 5) is -0.446. The molecule has 0 amide bonds. The van der Waals surface area contributed by atoms with Gasteiger partial charge in [0.1, 0.15) is 4.84 Å². The first kappa shape index (κ1) is 9.63. The van der Waals surface area contributed by atoms with Gasteiger partial charge in [0, 0.05) is 5.41 Å². The highest BCUT2D eigenvalue weighted by Crippen LogP contribution is 2.42. The number of hydrogen-bond donors (Lipinski definition) is 1. The van der Waals surface area contributed by atoms with Gasteiger partial charge >= 0.3 is 0 Å². The molecule has 0 saturated heterocycles. The van der Waals surface area contributed by atoms with Crippen LogP contribution < -0.4 is 0 Å². The zero-order valence-corrected chi connectivity index (χ0v) is 8.20. The van der Waals surface area contributed by atoms with Crippen LogP contribution in [-0.2, 0) is 0 Å². The van der Waals surface area contributed by atoms with Gasteiger partial charge in [0.25, 0.3) is 0 Å². The van der Waals surface area contributed by atoms with Crippen molar-refractivity contribution in [3.63, 3.8) is 0 Å². The Labute approximate surface area is 77.7 Å². The molecule has 0 aromatic heterocycles. The second kappa shape index (κ2) is 3.51. The Balaban J connectivity index is 2.64. The molecule has 0 spiro atoms. The van der Waals surface area contributed by atoms with E-state index in [1.54, 1.807) is 0 Å². The average molecular weight is 197 g/mol. The third-order valence-electron chi connectivity index (χ3n) is 2.70. The van der Waals surface area contributed by atoms with Crippen LogP contribution in [0, 0.1) is 5.41 Å². The second-order valence-corrected chi connectivity index (χ2v) is 4.66. The standard InChI is InChI=1S/C8H14Cl2O/c1-8(7(9)10)5-3-2-4-6(8)11/h6-7,11H,2-5H2,1H3/t6-,8+/m1/s1. The minimum Gasteiger partial charge on any atom is -0.392 e. The molecule has 1 saturated carbocycles. The molecule has 2 atom stereocenters. The molecule has 3 heteroatoms. The Kier molecular flexibility index (Phi) is 3.07. The molecule has 1 aliphatic carbocycles. The Morgan fingerprint density at radius 3 is 2.45 bits per heavy atom. The van der Waals surface area contributed by atoms with Crippen molar-refractivity contribution in [2.75, 3.05) is 0 Å². The minimum atomic E-state index is -0.446. The van der Waals surface area contributed by atoms with E-state index in [-0.39, 0.29) is 11.5 Å². The van der Waals surface area contributed by atoms with Gasteiger partial charge in [-0.2, -0.15) is 0 Å². The molecule has 0 bridgehead atoms. The van der Waals surface area contributed by atoms with Crippen LogP contribution in [0.4, 0.5) is 0 Å². The Bertz CT molecular complexity index is 138. The maximum atomic E-state index is 9.63. The molecule has 0 heterocycles. The van der Waals surface area contributed by atoms with Crippen LogP contribution in [0.1, 0.15) is 32.6 Å². The molecule has 1 rings (SSSR count). The highest BCUT2D eigenvalue weighted by Gasteiger charge is 2.40. The van der Waals surface area contributed by atoms with Crippen molar-refractivity contribution >= 4 is 23.2 Å². The zero-order chi connectivity index (χ0) is 8.48. The largest absolute Gasteiger partial charge is 0.392 e. The first-order chi connectivity index (χ1) is 5.07. The molecule has 1 fully saturated rings. The molecule has 0 unspecified atom stereocenters. The normalized spacial score (nSPS) is 39.5. The summed E-state index contributed by atoms with van der Waals surface area (Å²) in [7, 11) is 0.